The average Bonchev–Trinajstić information content (AvgIpc) is 2.51. The third-order valence-electron chi connectivity index (χ3n) is 3.58. The molecule has 1 atom stereocenters. The van der Waals surface area contributed by atoms with Crippen LogP contribution in [-0.4, -0.2) is 41.7 Å². The highest BCUT2D eigenvalue weighted by atomic mass is 19.4. The lowest BCUT2D eigenvalue weighted by Gasteiger charge is -2.30. The number of aliphatic hydroxyl groups excluding tert-OH is 1. The van der Waals surface area contributed by atoms with Crippen molar-refractivity contribution < 1.29 is 27.8 Å². The van der Waals surface area contributed by atoms with Gasteiger partial charge >= 0.3 is 6.18 Å². The van der Waals surface area contributed by atoms with E-state index in [1.807, 2.05) is 0 Å². The number of piperidine rings is 1. The Morgan fingerprint density at radius 2 is 2.22 bits per heavy atom. The second kappa shape index (κ2) is 7.04. The number of rotatable bonds is 4. The third kappa shape index (κ3) is 4.25. The fraction of sp³-hybridized carbons (Fsp3) is 0.438. The van der Waals surface area contributed by atoms with Crippen LogP contribution < -0.4 is 4.74 Å². The van der Waals surface area contributed by atoms with Gasteiger partial charge in [0.2, 0.25) is 0 Å². The Morgan fingerprint density at radius 1 is 1.48 bits per heavy atom. The zero-order chi connectivity index (χ0) is 17.0. The fourth-order valence-corrected chi connectivity index (χ4v) is 2.46. The molecule has 4 nitrogen and oxygen atoms in total. The Hall–Kier alpha value is -2.02. The summed E-state index contributed by atoms with van der Waals surface area (Å²) in [6.07, 6.45) is -2.58. The zero-order valence-electron chi connectivity index (χ0n) is 12.5. The molecule has 1 fully saturated rings. The van der Waals surface area contributed by atoms with Gasteiger partial charge in [0, 0.05) is 13.1 Å². The minimum absolute atomic E-state index is 0.0722. The van der Waals surface area contributed by atoms with Gasteiger partial charge in [-0.15, -0.1) is 0 Å². The standard InChI is InChI=1S/C16H18F3NO3/c1-2-8-23-14-6-5-11(16(17,18)19)9-13(14)15(22)20-7-3-4-12(21)10-20/h2,5-6,9,12,21H,1,3-4,7-8,10H2. The summed E-state index contributed by atoms with van der Waals surface area (Å²) in [5.74, 6) is -0.503. The fourth-order valence-electron chi connectivity index (χ4n) is 2.46. The largest absolute Gasteiger partial charge is 0.489 e. The number of hydrogen-bond donors (Lipinski definition) is 1. The van der Waals surface area contributed by atoms with Crippen molar-refractivity contribution in [2.75, 3.05) is 19.7 Å². The molecule has 0 aromatic heterocycles. The molecular weight excluding hydrogens is 311 g/mol. The molecule has 0 saturated carbocycles. The van der Waals surface area contributed by atoms with Crippen LogP contribution in [0.15, 0.2) is 30.9 Å². The highest BCUT2D eigenvalue weighted by Gasteiger charge is 2.33. The number of aliphatic hydroxyl groups is 1. The molecule has 1 aromatic rings. The lowest BCUT2D eigenvalue weighted by Crippen LogP contribution is -2.42. The summed E-state index contributed by atoms with van der Waals surface area (Å²) in [5, 5.41) is 9.65. The van der Waals surface area contributed by atoms with Crippen LogP contribution in [0.4, 0.5) is 13.2 Å². The lowest BCUT2D eigenvalue weighted by atomic mass is 10.0. The summed E-state index contributed by atoms with van der Waals surface area (Å²) >= 11 is 0. The van der Waals surface area contributed by atoms with Crippen LogP contribution in [0.3, 0.4) is 0 Å². The molecule has 1 amide bonds. The number of likely N-dealkylation sites (tertiary alicyclic amines) is 1. The second-order valence-electron chi connectivity index (χ2n) is 5.36. The summed E-state index contributed by atoms with van der Waals surface area (Å²) in [4.78, 5) is 13.9. The van der Waals surface area contributed by atoms with E-state index in [-0.39, 0.29) is 24.5 Å². The first-order valence-electron chi connectivity index (χ1n) is 7.25. The highest BCUT2D eigenvalue weighted by molar-refractivity contribution is 5.97. The molecule has 1 N–H and O–H groups in total. The molecule has 0 radical (unpaired) electrons. The number of ether oxygens (including phenoxy) is 1. The molecule has 7 heteroatoms. The van der Waals surface area contributed by atoms with Crippen LogP contribution in [0.2, 0.25) is 0 Å². The molecule has 1 heterocycles. The summed E-state index contributed by atoms with van der Waals surface area (Å²) in [6.45, 7) is 4.05. The molecule has 1 unspecified atom stereocenters. The van der Waals surface area contributed by atoms with Gasteiger partial charge in [-0.3, -0.25) is 4.79 Å². The van der Waals surface area contributed by atoms with E-state index in [4.69, 9.17) is 4.74 Å². The molecule has 23 heavy (non-hydrogen) atoms. The Balaban J connectivity index is 2.35. The van der Waals surface area contributed by atoms with Crippen LogP contribution in [0.1, 0.15) is 28.8 Å². The maximum absolute atomic E-state index is 12.9. The third-order valence-corrected chi connectivity index (χ3v) is 3.58. The summed E-state index contributed by atoms with van der Waals surface area (Å²) < 4.78 is 44.0. The van der Waals surface area contributed by atoms with Gasteiger partial charge in [0.15, 0.2) is 0 Å². The number of benzene rings is 1. The summed E-state index contributed by atoms with van der Waals surface area (Å²) in [5.41, 5.74) is -1.07. The second-order valence-corrected chi connectivity index (χ2v) is 5.36. The number of amides is 1. The number of β-amino-alcohol motifs (C(OH)–C–C–N with tert-alkyl or cyclic N) is 1. The SMILES string of the molecule is C=CCOc1ccc(C(F)(F)F)cc1C(=O)N1CCCC(O)C1. The number of alkyl halides is 3. The van der Waals surface area contributed by atoms with Crippen LogP contribution in [-0.2, 0) is 6.18 Å². The average molecular weight is 329 g/mol. The molecule has 2 rings (SSSR count). The van der Waals surface area contributed by atoms with Crippen LogP contribution >= 0.6 is 0 Å². The number of carbonyl (C=O) groups excluding carboxylic acids is 1. The smallest absolute Gasteiger partial charge is 0.416 e. The van der Waals surface area contributed by atoms with E-state index in [1.54, 1.807) is 0 Å². The van der Waals surface area contributed by atoms with Gasteiger partial charge < -0.3 is 14.7 Å². The molecular formula is C16H18F3NO3. The molecule has 1 aromatic carbocycles. The predicted molar refractivity (Wildman–Crippen MR) is 78.3 cm³/mol. The van der Waals surface area contributed by atoms with Crippen molar-refractivity contribution in [3.05, 3.63) is 42.0 Å². The first-order chi connectivity index (χ1) is 10.8. The van der Waals surface area contributed by atoms with Crippen molar-refractivity contribution in [2.24, 2.45) is 0 Å². The monoisotopic (exact) mass is 329 g/mol. The maximum Gasteiger partial charge on any atom is 0.416 e. The molecule has 1 aliphatic rings. The van der Waals surface area contributed by atoms with Crippen LogP contribution in [0.25, 0.3) is 0 Å². The van der Waals surface area contributed by atoms with Gasteiger partial charge in [0.1, 0.15) is 12.4 Å². The van der Waals surface area contributed by atoms with Crippen molar-refractivity contribution in [3.63, 3.8) is 0 Å². The zero-order valence-corrected chi connectivity index (χ0v) is 12.5. The molecule has 1 aliphatic heterocycles. The van der Waals surface area contributed by atoms with Crippen molar-refractivity contribution in [3.8, 4) is 5.75 Å². The molecule has 0 bridgehead atoms. The van der Waals surface area contributed by atoms with E-state index in [1.165, 1.54) is 11.0 Å². The molecule has 0 aliphatic carbocycles. The first kappa shape index (κ1) is 17.3. The molecule has 0 spiro atoms. The minimum atomic E-state index is -4.55. The van der Waals surface area contributed by atoms with E-state index in [0.29, 0.717) is 19.4 Å². The molecule has 126 valence electrons. The Morgan fingerprint density at radius 3 is 2.83 bits per heavy atom. The Kier molecular flexibility index (Phi) is 5.30. The van der Waals surface area contributed by atoms with Crippen molar-refractivity contribution in [1.29, 1.82) is 0 Å². The van der Waals surface area contributed by atoms with Crippen molar-refractivity contribution in [1.82, 2.24) is 4.90 Å². The Bertz CT molecular complexity index is 586. The van der Waals surface area contributed by atoms with E-state index in [9.17, 15) is 23.1 Å². The lowest BCUT2D eigenvalue weighted by molar-refractivity contribution is -0.137. The normalized spacial score (nSPS) is 18.6. The highest BCUT2D eigenvalue weighted by Crippen LogP contribution is 2.33. The van der Waals surface area contributed by atoms with Crippen molar-refractivity contribution >= 4 is 5.91 Å². The van der Waals surface area contributed by atoms with E-state index < -0.39 is 23.8 Å². The summed E-state index contributed by atoms with van der Waals surface area (Å²) in [6, 6.07) is 2.81. The van der Waals surface area contributed by atoms with E-state index in [2.05, 4.69) is 6.58 Å². The maximum atomic E-state index is 12.9. The van der Waals surface area contributed by atoms with Gasteiger partial charge in [0.25, 0.3) is 5.91 Å². The number of carbonyl (C=O) groups is 1. The van der Waals surface area contributed by atoms with Gasteiger partial charge in [-0.05, 0) is 31.0 Å². The minimum Gasteiger partial charge on any atom is -0.489 e. The quantitative estimate of drug-likeness (QED) is 0.864. The van der Waals surface area contributed by atoms with Gasteiger partial charge in [-0.2, -0.15) is 13.2 Å². The van der Waals surface area contributed by atoms with E-state index >= 15 is 0 Å². The van der Waals surface area contributed by atoms with Crippen molar-refractivity contribution in [2.45, 2.75) is 25.1 Å². The number of nitrogens with zero attached hydrogens (tertiary/aromatic N) is 1. The van der Waals surface area contributed by atoms with Crippen LogP contribution in [0, 0.1) is 0 Å². The molecule has 1 saturated heterocycles. The van der Waals surface area contributed by atoms with Gasteiger partial charge in [-0.1, -0.05) is 12.7 Å². The van der Waals surface area contributed by atoms with E-state index in [0.717, 1.165) is 18.2 Å². The number of halogens is 3. The van der Waals surface area contributed by atoms with Crippen LogP contribution in [0.5, 0.6) is 5.75 Å². The van der Waals surface area contributed by atoms with Gasteiger partial charge in [-0.25, -0.2) is 0 Å². The summed E-state index contributed by atoms with van der Waals surface area (Å²) in [7, 11) is 0. The predicted octanol–water partition coefficient (Wildman–Crippen LogP) is 2.87. The number of hydrogen-bond acceptors (Lipinski definition) is 3. The topological polar surface area (TPSA) is 49.8 Å². The van der Waals surface area contributed by atoms with Gasteiger partial charge in [0.05, 0.1) is 17.2 Å². The first-order valence-corrected chi connectivity index (χ1v) is 7.25. The Labute approximate surface area is 132 Å².